The van der Waals surface area contributed by atoms with E-state index in [2.05, 4.69) is 52.8 Å². The fourth-order valence-corrected chi connectivity index (χ4v) is 4.43. The van der Waals surface area contributed by atoms with Crippen LogP contribution >= 0.6 is 31.9 Å². The summed E-state index contributed by atoms with van der Waals surface area (Å²) in [6.07, 6.45) is 2.90. The Balaban J connectivity index is 1.48. The number of aliphatic hydroxyl groups is 1. The first kappa shape index (κ1) is 17.7. The Labute approximate surface area is 171 Å². The lowest BCUT2D eigenvalue weighted by Gasteiger charge is -2.29. The van der Waals surface area contributed by atoms with Gasteiger partial charge in [-0.15, -0.1) is 5.10 Å². The standard InChI is InChI=1S/C17H17Br2N5O3/c18-10-4-12-13(5-11(10)19)24-15(20-12)8-26-16-14(7-27-17(16)24)23-6-9(21-22-23)2-1-3-25/h4-6,14,16-17,25H,1-3,7-8H2/t14-,16+,17-/m0/s1. The molecule has 142 valence electrons. The van der Waals surface area contributed by atoms with Crippen LogP contribution in [0.3, 0.4) is 0 Å². The van der Waals surface area contributed by atoms with E-state index in [1.165, 1.54) is 0 Å². The molecule has 4 heterocycles. The highest BCUT2D eigenvalue weighted by Crippen LogP contribution is 2.41. The van der Waals surface area contributed by atoms with E-state index in [1.807, 2.05) is 16.9 Å². The maximum absolute atomic E-state index is 8.99. The van der Waals surface area contributed by atoms with E-state index in [9.17, 15) is 0 Å². The van der Waals surface area contributed by atoms with Crippen LogP contribution in [0.4, 0.5) is 0 Å². The molecule has 1 saturated heterocycles. The summed E-state index contributed by atoms with van der Waals surface area (Å²) in [5.74, 6) is 0.860. The van der Waals surface area contributed by atoms with Gasteiger partial charge in [-0.3, -0.25) is 4.57 Å². The Hall–Kier alpha value is -1.33. The summed E-state index contributed by atoms with van der Waals surface area (Å²) in [5.41, 5.74) is 2.79. The first-order valence-electron chi connectivity index (χ1n) is 8.76. The van der Waals surface area contributed by atoms with Gasteiger partial charge in [-0.05, 0) is 56.8 Å². The van der Waals surface area contributed by atoms with Gasteiger partial charge in [0.05, 0.1) is 23.3 Å². The van der Waals surface area contributed by atoms with Crippen molar-refractivity contribution in [1.29, 1.82) is 0 Å². The fourth-order valence-electron chi connectivity index (χ4n) is 3.77. The Morgan fingerprint density at radius 3 is 2.93 bits per heavy atom. The van der Waals surface area contributed by atoms with Crippen molar-refractivity contribution < 1.29 is 14.6 Å². The lowest BCUT2D eigenvalue weighted by molar-refractivity contribution is -0.0864. The van der Waals surface area contributed by atoms with Gasteiger partial charge in [0, 0.05) is 21.7 Å². The maximum atomic E-state index is 8.99. The van der Waals surface area contributed by atoms with E-state index in [0.717, 1.165) is 31.5 Å². The Bertz CT molecular complexity index is 1000. The molecule has 0 amide bonds. The molecule has 0 unspecified atom stereocenters. The zero-order valence-corrected chi connectivity index (χ0v) is 17.4. The summed E-state index contributed by atoms with van der Waals surface area (Å²) < 4.78 is 18.1. The van der Waals surface area contributed by atoms with Crippen LogP contribution in [0.1, 0.15) is 30.2 Å². The number of hydrogen-bond acceptors (Lipinski definition) is 6. The van der Waals surface area contributed by atoms with Crippen LogP contribution in [-0.2, 0) is 22.5 Å². The van der Waals surface area contributed by atoms with E-state index < -0.39 is 0 Å². The van der Waals surface area contributed by atoms with Crippen LogP contribution in [0.5, 0.6) is 0 Å². The van der Waals surface area contributed by atoms with Gasteiger partial charge in [0.15, 0.2) is 6.23 Å². The molecule has 0 spiro atoms. The first-order valence-corrected chi connectivity index (χ1v) is 10.3. The van der Waals surface area contributed by atoms with Gasteiger partial charge in [0.1, 0.15) is 24.6 Å². The van der Waals surface area contributed by atoms with Gasteiger partial charge in [-0.1, -0.05) is 5.21 Å². The minimum absolute atomic E-state index is 0.0464. The van der Waals surface area contributed by atoms with Crippen molar-refractivity contribution in [3.63, 3.8) is 0 Å². The molecule has 10 heteroatoms. The Morgan fingerprint density at radius 1 is 1.22 bits per heavy atom. The molecular formula is C17H17Br2N5O3. The third kappa shape index (κ3) is 2.94. The first-order chi connectivity index (χ1) is 13.2. The molecule has 27 heavy (non-hydrogen) atoms. The molecule has 2 aliphatic rings. The Morgan fingerprint density at radius 2 is 2.07 bits per heavy atom. The van der Waals surface area contributed by atoms with Crippen LogP contribution in [0.25, 0.3) is 11.0 Å². The number of aromatic nitrogens is 5. The minimum atomic E-state index is -0.248. The molecule has 8 nitrogen and oxygen atoms in total. The number of aryl methyl sites for hydroxylation is 1. The molecule has 1 fully saturated rings. The highest BCUT2D eigenvalue weighted by Gasteiger charge is 2.45. The molecule has 1 aromatic carbocycles. The number of nitrogens with zero attached hydrogens (tertiary/aromatic N) is 5. The van der Waals surface area contributed by atoms with Crippen molar-refractivity contribution in [2.75, 3.05) is 13.2 Å². The summed E-state index contributed by atoms with van der Waals surface area (Å²) in [7, 11) is 0. The van der Waals surface area contributed by atoms with Crippen molar-refractivity contribution in [2.24, 2.45) is 0 Å². The zero-order chi connectivity index (χ0) is 18.5. The van der Waals surface area contributed by atoms with Gasteiger partial charge < -0.3 is 14.6 Å². The van der Waals surface area contributed by atoms with Crippen molar-refractivity contribution >= 4 is 42.9 Å². The second-order valence-corrected chi connectivity index (χ2v) is 8.45. The highest BCUT2D eigenvalue weighted by atomic mass is 79.9. The molecule has 1 N–H and O–H groups in total. The molecule has 2 aromatic heterocycles. The quantitative estimate of drug-likeness (QED) is 0.595. The van der Waals surface area contributed by atoms with Gasteiger partial charge in [-0.25, -0.2) is 9.67 Å². The van der Waals surface area contributed by atoms with Crippen molar-refractivity contribution in [3.05, 3.63) is 38.8 Å². The van der Waals surface area contributed by atoms with E-state index in [1.54, 1.807) is 0 Å². The number of fused-ring (bicyclic) bond motifs is 5. The predicted molar refractivity (Wildman–Crippen MR) is 103 cm³/mol. The van der Waals surface area contributed by atoms with Gasteiger partial charge in [0.25, 0.3) is 0 Å². The van der Waals surface area contributed by atoms with E-state index in [4.69, 9.17) is 19.6 Å². The molecular weight excluding hydrogens is 482 g/mol. The molecule has 0 radical (unpaired) electrons. The van der Waals surface area contributed by atoms with Gasteiger partial charge in [0.2, 0.25) is 0 Å². The number of hydrogen-bond donors (Lipinski definition) is 1. The minimum Gasteiger partial charge on any atom is -0.396 e. The number of benzene rings is 1. The number of halogens is 2. The smallest absolute Gasteiger partial charge is 0.164 e. The number of aliphatic hydroxyl groups excluding tert-OH is 1. The molecule has 5 rings (SSSR count). The highest BCUT2D eigenvalue weighted by molar-refractivity contribution is 9.13. The molecule has 0 saturated carbocycles. The largest absolute Gasteiger partial charge is 0.396 e. The van der Waals surface area contributed by atoms with Crippen LogP contribution in [0, 0.1) is 0 Å². The lowest BCUT2D eigenvalue weighted by Crippen LogP contribution is -2.35. The second kappa shape index (κ2) is 6.93. The third-order valence-corrected chi connectivity index (χ3v) is 6.89. The fraction of sp³-hybridized carbons (Fsp3) is 0.471. The average Bonchev–Trinajstić information content (AvgIpc) is 3.36. The Kier molecular flexibility index (Phi) is 4.55. The topological polar surface area (TPSA) is 87.2 Å². The van der Waals surface area contributed by atoms with E-state index in [0.29, 0.717) is 26.1 Å². The summed E-state index contributed by atoms with van der Waals surface area (Å²) in [6.45, 7) is 1.07. The van der Waals surface area contributed by atoms with E-state index in [-0.39, 0.29) is 25.0 Å². The average molecular weight is 499 g/mol. The SMILES string of the molecule is OCCCc1cn([C@H]2CO[C@H]3[C@@H]2OCc2nc4cc(Br)c(Br)cc4n23)nn1. The summed E-state index contributed by atoms with van der Waals surface area (Å²) in [6, 6.07) is 4.00. The van der Waals surface area contributed by atoms with Gasteiger partial charge >= 0.3 is 0 Å². The van der Waals surface area contributed by atoms with Crippen LogP contribution in [0.2, 0.25) is 0 Å². The summed E-state index contributed by atoms with van der Waals surface area (Å²) >= 11 is 7.11. The van der Waals surface area contributed by atoms with Crippen LogP contribution < -0.4 is 0 Å². The third-order valence-electron chi connectivity index (χ3n) is 5.05. The van der Waals surface area contributed by atoms with Gasteiger partial charge in [-0.2, -0.15) is 0 Å². The van der Waals surface area contributed by atoms with Crippen molar-refractivity contribution in [2.45, 2.75) is 37.8 Å². The maximum Gasteiger partial charge on any atom is 0.164 e. The van der Waals surface area contributed by atoms with Crippen molar-refractivity contribution in [3.8, 4) is 0 Å². The van der Waals surface area contributed by atoms with Crippen molar-refractivity contribution in [1.82, 2.24) is 24.5 Å². The molecule has 3 aromatic rings. The second-order valence-electron chi connectivity index (χ2n) is 6.74. The molecule has 0 bridgehead atoms. The molecule has 0 aliphatic carbocycles. The molecule has 2 aliphatic heterocycles. The predicted octanol–water partition coefficient (Wildman–Crippen LogP) is 2.75. The zero-order valence-electron chi connectivity index (χ0n) is 14.3. The normalized spacial score (nSPS) is 24.3. The van der Waals surface area contributed by atoms with E-state index >= 15 is 0 Å². The number of ether oxygens (including phenoxy) is 2. The lowest BCUT2D eigenvalue weighted by atomic mass is 10.1. The summed E-state index contributed by atoms with van der Waals surface area (Å²) in [5, 5.41) is 17.4. The van der Waals surface area contributed by atoms with Crippen LogP contribution in [0.15, 0.2) is 27.3 Å². The summed E-state index contributed by atoms with van der Waals surface area (Å²) in [4.78, 5) is 4.70. The number of imidazole rings is 1. The number of rotatable bonds is 4. The monoisotopic (exact) mass is 497 g/mol. The molecule has 3 atom stereocenters. The van der Waals surface area contributed by atoms with Crippen LogP contribution in [-0.4, -0.2) is 49.0 Å².